The topological polar surface area (TPSA) is 49.4 Å². The molecule has 0 aliphatic carbocycles. The maximum absolute atomic E-state index is 14.6. The summed E-state index contributed by atoms with van der Waals surface area (Å²) in [4.78, 5) is 28.3. The van der Waals surface area contributed by atoms with Crippen LogP contribution >= 0.6 is 0 Å². The average molecular weight is 465 g/mol. The zero-order valence-corrected chi connectivity index (χ0v) is 19.7. The fraction of sp³-hybridized carbons (Fsp3) is 0.286. The van der Waals surface area contributed by atoms with Gasteiger partial charge in [0, 0.05) is 24.1 Å². The van der Waals surface area contributed by atoms with Crippen LogP contribution in [0.15, 0.2) is 78.9 Å². The molecule has 6 heteroatoms. The largest absolute Gasteiger partial charge is 0.350 e. The van der Waals surface area contributed by atoms with Crippen LogP contribution in [-0.2, 0) is 29.0 Å². The molecular formula is C28H30F2N2O2. The van der Waals surface area contributed by atoms with Gasteiger partial charge in [-0.2, -0.15) is 0 Å². The second kappa shape index (κ2) is 11.1. The lowest BCUT2D eigenvalue weighted by molar-refractivity contribution is -0.141. The number of carbonyl (C=O) groups is 2. The van der Waals surface area contributed by atoms with Gasteiger partial charge in [-0.15, -0.1) is 0 Å². The van der Waals surface area contributed by atoms with Crippen molar-refractivity contribution in [2.75, 3.05) is 0 Å². The SMILES string of the molecule is CC(C)(C)NC(=O)[C@H](Cc1ccccc1)N(Cc1ccccc1F)C(=O)Cc1ccccc1F. The number of rotatable bonds is 8. The maximum Gasteiger partial charge on any atom is 0.243 e. The monoisotopic (exact) mass is 464 g/mol. The lowest BCUT2D eigenvalue weighted by Gasteiger charge is -2.34. The normalized spacial score (nSPS) is 12.1. The van der Waals surface area contributed by atoms with Gasteiger partial charge in [-0.25, -0.2) is 8.78 Å². The minimum atomic E-state index is -0.916. The summed E-state index contributed by atoms with van der Waals surface area (Å²) in [6.07, 6.45) is -0.00453. The van der Waals surface area contributed by atoms with E-state index in [1.807, 2.05) is 51.1 Å². The van der Waals surface area contributed by atoms with Crippen LogP contribution in [0.2, 0.25) is 0 Å². The minimum Gasteiger partial charge on any atom is -0.350 e. The summed E-state index contributed by atoms with van der Waals surface area (Å²) in [6, 6.07) is 20.6. The molecule has 34 heavy (non-hydrogen) atoms. The zero-order valence-electron chi connectivity index (χ0n) is 19.7. The second-order valence-electron chi connectivity index (χ2n) is 9.33. The molecule has 3 aromatic rings. The number of halogens is 2. The molecule has 3 rings (SSSR count). The lowest BCUT2D eigenvalue weighted by atomic mass is 9.99. The Morgan fingerprint density at radius 3 is 1.91 bits per heavy atom. The maximum atomic E-state index is 14.6. The molecule has 0 aromatic heterocycles. The molecule has 0 saturated heterocycles. The van der Waals surface area contributed by atoms with Gasteiger partial charge in [0.25, 0.3) is 0 Å². The van der Waals surface area contributed by atoms with Crippen LogP contribution in [0, 0.1) is 11.6 Å². The van der Waals surface area contributed by atoms with Gasteiger partial charge in [-0.1, -0.05) is 66.7 Å². The van der Waals surface area contributed by atoms with Crippen molar-refractivity contribution < 1.29 is 18.4 Å². The van der Waals surface area contributed by atoms with Crippen LogP contribution in [0.1, 0.15) is 37.5 Å². The van der Waals surface area contributed by atoms with E-state index in [1.54, 1.807) is 30.3 Å². The van der Waals surface area contributed by atoms with Gasteiger partial charge >= 0.3 is 0 Å². The number of hydrogen-bond donors (Lipinski definition) is 1. The van der Waals surface area contributed by atoms with E-state index in [4.69, 9.17) is 0 Å². The fourth-order valence-electron chi connectivity index (χ4n) is 3.72. The second-order valence-corrected chi connectivity index (χ2v) is 9.33. The zero-order chi connectivity index (χ0) is 24.7. The Bertz CT molecular complexity index is 1130. The summed E-state index contributed by atoms with van der Waals surface area (Å²) in [5.41, 5.74) is 0.824. The molecule has 0 bridgehead atoms. The minimum absolute atomic E-state index is 0.116. The van der Waals surface area contributed by atoms with Gasteiger partial charge in [-0.3, -0.25) is 9.59 Å². The molecule has 1 N–H and O–H groups in total. The highest BCUT2D eigenvalue weighted by atomic mass is 19.1. The Morgan fingerprint density at radius 1 is 0.824 bits per heavy atom. The van der Waals surface area contributed by atoms with Crippen molar-refractivity contribution in [1.82, 2.24) is 10.2 Å². The summed E-state index contributed by atoms with van der Waals surface area (Å²) in [7, 11) is 0. The molecule has 0 aliphatic heterocycles. The van der Waals surface area contributed by atoms with Gasteiger partial charge in [0.05, 0.1) is 6.42 Å². The van der Waals surface area contributed by atoms with Crippen molar-refractivity contribution in [3.05, 3.63) is 107 Å². The Kier molecular flexibility index (Phi) is 8.16. The van der Waals surface area contributed by atoms with Crippen molar-refractivity contribution in [2.24, 2.45) is 0 Å². The number of benzene rings is 3. The van der Waals surface area contributed by atoms with E-state index < -0.39 is 29.1 Å². The number of amides is 2. The third-order valence-electron chi connectivity index (χ3n) is 5.37. The molecule has 0 heterocycles. The Labute approximate surface area is 199 Å². The molecule has 2 amide bonds. The summed E-state index contributed by atoms with van der Waals surface area (Å²) < 4.78 is 28.9. The quantitative estimate of drug-likeness (QED) is 0.507. The number of hydrogen-bond acceptors (Lipinski definition) is 2. The molecule has 0 radical (unpaired) electrons. The van der Waals surface area contributed by atoms with Crippen LogP contribution < -0.4 is 5.32 Å². The van der Waals surface area contributed by atoms with Crippen LogP contribution in [0.25, 0.3) is 0 Å². The highest BCUT2D eigenvalue weighted by Crippen LogP contribution is 2.19. The summed E-state index contributed by atoms with van der Waals surface area (Å²) in [6.45, 7) is 5.45. The molecule has 0 fully saturated rings. The molecular weight excluding hydrogens is 434 g/mol. The first kappa shape index (κ1) is 25.1. The average Bonchev–Trinajstić information content (AvgIpc) is 2.78. The van der Waals surface area contributed by atoms with Crippen molar-refractivity contribution >= 4 is 11.8 Å². The van der Waals surface area contributed by atoms with E-state index in [1.165, 1.54) is 23.1 Å². The molecule has 4 nitrogen and oxygen atoms in total. The highest BCUT2D eigenvalue weighted by Gasteiger charge is 2.32. The van der Waals surface area contributed by atoms with E-state index >= 15 is 0 Å². The van der Waals surface area contributed by atoms with Crippen LogP contribution in [0.4, 0.5) is 8.78 Å². The predicted molar refractivity (Wildman–Crippen MR) is 129 cm³/mol. The standard InChI is InChI=1S/C28H30F2N2O2/c1-28(2,3)31-27(34)25(17-20-11-5-4-6-12-20)32(19-22-14-8-10-16-24(22)30)26(33)18-21-13-7-9-15-23(21)29/h4-16,25H,17-19H2,1-3H3,(H,31,34)/t25-/m0/s1. The molecule has 0 aliphatic rings. The highest BCUT2D eigenvalue weighted by molar-refractivity contribution is 5.89. The van der Waals surface area contributed by atoms with Crippen molar-refractivity contribution in [1.29, 1.82) is 0 Å². The summed E-state index contributed by atoms with van der Waals surface area (Å²) in [5.74, 6) is -1.78. The van der Waals surface area contributed by atoms with Gasteiger partial charge in [0.15, 0.2) is 0 Å². The van der Waals surface area contributed by atoms with Crippen LogP contribution in [0.3, 0.4) is 0 Å². The Morgan fingerprint density at radius 2 is 1.35 bits per heavy atom. The van der Waals surface area contributed by atoms with Gasteiger partial charge in [0.1, 0.15) is 17.7 Å². The van der Waals surface area contributed by atoms with Crippen molar-refractivity contribution in [3.63, 3.8) is 0 Å². The number of nitrogens with one attached hydrogen (secondary N) is 1. The molecule has 0 saturated carbocycles. The molecule has 1 atom stereocenters. The molecule has 3 aromatic carbocycles. The molecule has 0 unspecified atom stereocenters. The van der Waals surface area contributed by atoms with Crippen LogP contribution in [0.5, 0.6) is 0 Å². The smallest absolute Gasteiger partial charge is 0.243 e. The lowest BCUT2D eigenvalue weighted by Crippen LogP contribution is -2.54. The van der Waals surface area contributed by atoms with E-state index in [0.717, 1.165) is 5.56 Å². The van der Waals surface area contributed by atoms with Gasteiger partial charge in [-0.05, 0) is 44.0 Å². The predicted octanol–water partition coefficient (Wildman–Crippen LogP) is 5.06. The number of carbonyl (C=O) groups excluding carboxylic acids is 2. The Hall–Kier alpha value is -3.54. The molecule has 178 valence electrons. The van der Waals surface area contributed by atoms with E-state index in [2.05, 4.69) is 5.32 Å². The summed E-state index contributed by atoms with van der Waals surface area (Å²) >= 11 is 0. The third kappa shape index (κ3) is 6.98. The van der Waals surface area contributed by atoms with Gasteiger partial charge < -0.3 is 10.2 Å². The Balaban J connectivity index is 2.01. The van der Waals surface area contributed by atoms with Crippen LogP contribution in [-0.4, -0.2) is 28.3 Å². The summed E-state index contributed by atoms with van der Waals surface area (Å²) in [5, 5.41) is 2.95. The van der Waals surface area contributed by atoms with E-state index in [-0.39, 0.29) is 36.4 Å². The van der Waals surface area contributed by atoms with E-state index in [9.17, 15) is 18.4 Å². The van der Waals surface area contributed by atoms with Gasteiger partial charge in [0.2, 0.25) is 11.8 Å². The fourth-order valence-corrected chi connectivity index (χ4v) is 3.72. The first-order chi connectivity index (χ1) is 16.1. The molecule has 0 spiro atoms. The third-order valence-corrected chi connectivity index (χ3v) is 5.37. The first-order valence-electron chi connectivity index (χ1n) is 11.3. The number of nitrogens with zero attached hydrogens (tertiary/aromatic N) is 1. The van der Waals surface area contributed by atoms with E-state index in [0.29, 0.717) is 0 Å². The first-order valence-corrected chi connectivity index (χ1v) is 11.3. The van der Waals surface area contributed by atoms with Crippen molar-refractivity contribution in [3.8, 4) is 0 Å². The van der Waals surface area contributed by atoms with Crippen molar-refractivity contribution in [2.45, 2.75) is 51.7 Å².